The van der Waals surface area contributed by atoms with Crippen LogP contribution in [0.1, 0.15) is 12.5 Å². The minimum atomic E-state index is -0.666. The molecule has 2 aromatic carbocycles. The lowest BCUT2D eigenvalue weighted by Crippen LogP contribution is -2.30. The van der Waals surface area contributed by atoms with Crippen LogP contribution in [0.25, 0.3) is 0 Å². The zero-order valence-corrected chi connectivity index (χ0v) is 11.4. The van der Waals surface area contributed by atoms with Crippen molar-refractivity contribution in [2.75, 3.05) is 5.32 Å². The van der Waals surface area contributed by atoms with E-state index in [9.17, 15) is 9.18 Å². The van der Waals surface area contributed by atoms with Crippen LogP contribution in [0.4, 0.5) is 10.1 Å². The van der Waals surface area contributed by atoms with Crippen LogP contribution in [-0.2, 0) is 4.79 Å². The number of aryl methyl sites for hydroxylation is 1. The Balaban J connectivity index is 1.96. The second-order valence-corrected chi connectivity index (χ2v) is 4.57. The van der Waals surface area contributed by atoms with Crippen LogP contribution in [0.5, 0.6) is 5.75 Å². The summed E-state index contributed by atoms with van der Waals surface area (Å²) in [7, 11) is 0. The van der Waals surface area contributed by atoms with Gasteiger partial charge >= 0.3 is 0 Å². The van der Waals surface area contributed by atoms with Crippen molar-refractivity contribution in [2.45, 2.75) is 20.0 Å². The molecule has 2 rings (SSSR count). The van der Waals surface area contributed by atoms with Gasteiger partial charge in [0.25, 0.3) is 5.91 Å². The highest BCUT2D eigenvalue weighted by Crippen LogP contribution is 2.15. The minimum Gasteiger partial charge on any atom is -0.481 e. The number of anilines is 1. The van der Waals surface area contributed by atoms with Gasteiger partial charge in [0.15, 0.2) is 6.10 Å². The number of carbonyl (C=O) groups excluding carboxylic acids is 1. The number of hydrogen-bond acceptors (Lipinski definition) is 2. The van der Waals surface area contributed by atoms with E-state index < -0.39 is 6.10 Å². The van der Waals surface area contributed by atoms with Crippen molar-refractivity contribution >= 4 is 11.6 Å². The lowest BCUT2D eigenvalue weighted by molar-refractivity contribution is -0.122. The van der Waals surface area contributed by atoms with E-state index in [1.807, 2.05) is 31.2 Å². The molecule has 0 saturated carbocycles. The predicted molar refractivity (Wildman–Crippen MR) is 76.3 cm³/mol. The zero-order chi connectivity index (χ0) is 14.5. The molecule has 0 aliphatic carbocycles. The first-order chi connectivity index (χ1) is 9.54. The molecule has 0 heterocycles. The quantitative estimate of drug-likeness (QED) is 0.925. The molecule has 0 aromatic heterocycles. The van der Waals surface area contributed by atoms with Gasteiger partial charge < -0.3 is 10.1 Å². The molecule has 1 atom stereocenters. The van der Waals surface area contributed by atoms with Gasteiger partial charge in [-0.2, -0.15) is 0 Å². The Morgan fingerprint density at radius 3 is 2.55 bits per heavy atom. The number of benzene rings is 2. The van der Waals surface area contributed by atoms with Crippen molar-refractivity contribution in [2.24, 2.45) is 0 Å². The van der Waals surface area contributed by atoms with Gasteiger partial charge in [0.05, 0.1) is 0 Å². The number of rotatable bonds is 4. The molecule has 104 valence electrons. The van der Waals surface area contributed by atoms with Crippen LogP contribution in [-0.4, -0.2) is 12.0 Å². The first kappa shape index (κ1) is 14.1. The summed E-state index contributed by atoms with van der Waals surface area (Å²) in [6.45, 7) is 3.60. The molecule has 0 aliphatic rings. The highest BCUT2D eigenvalue weighted by Gasteiger charge is 2.14. The number of halogens is 1. The van der Waals surface area contributed by atoms with E-state index in [-0.39, 0.29) is 11.7 Å². The molecular formula is C16H16FNO2. The van der Waals surface area contributed by atoms with Crippen LogP contribution in [0.3, 0.4) is 0 Å². The summed E-state index contributed by atoms with van der Waals surface area (Å²) in [4.78, 5) is 12.0. The SMILES string of the molecule is Cc1cccc(NC(=O)[C@H](C)Oc2ccc(F)cc2)c1. The molecule has 2 aromatic rings. The fourth-order valence-electron chi connectivity index (χ4n) is 1.74. The average Bonchev–Trinajstić information content (AvgIpc) is 2.41. The molecule has 0 aliphatic heterocycles. The Morgan fingerprint density at radius 2 is 1.90 bits per heavy atom. The third-order valence-electron chi connectivity index (χ3n) is 2.78. The van der Waals surface area contributed by atoms with E-state index in [1.54, 1.807) is 6.92 Å². The monoisotopic (exact) mass is 273 g/mol. The third kappa shape index (κ3) is 3.82. The Hall–Kier alpha value is -2.36. The fraction of sp³-hybridized carbons (Fsp3) is 0.188. The van der Waals surface area contributed by atoms with Crippen molar-refractivity contribution in [1.82, 2.24) is 0 Å². The van der Waals surface area contributed by atoms with E-state index in [2.05, 4.69) is 5.32 Å². The summed E-state index contributed by atoms with van der Waals surface area (Å²) in [6.07, 6.45) is -0.666. The van der Waals surface area contributed by atoms with E-state index >= 15 is 0 Å². The lowest BCUT2D eigenvalue weighted by Gasteiger charge is -2.15. The standard InChI is InChI=1S/C16H16FNO2/c1-11-4-3-5-14(10-11)18-16(19)12(2)20-15-8-6-13(17)7-9-15/h3-10,12H,1-2H3,(H,18,19)/t12-/m0/s1. The van der Waals surface area contributed by atoms with Crippen LogP contribution in [0.15, 0.2) is 48.5 Å². The smallest absolute Gasteiger partial charge is 0.265 e. The number of ether oxygens (including phenoxy) is 1. The molecule has 1 amide bonds. The number of carbonyl (C=O) groups is 1. The van der Waals surface area contributed by atoms with Crippen molar-refractivity contribution < 1.29 is 13.9 Å². The summed E-state index contributed by atoms with van der Waals surface area (Å²) in [6, 6.07) is 13.1. The highest BCUT2D eigenvalue weighted by molar-refractivity contribution is 5.94. The van der Waals surface area contributed by atoms with Crippen molar-refractivity contribution in [1.29, 1.82) is 0 Å². The predicted octanol–water partition coefficient (Wildman–Crippen LogP) is 3.54. The topological polar surface area (TPSA) is 38.3 Å². The van der Waals surface area contributed by atoms with Gasteiger partial charge in [0.1, 0.15) is 11.6 Å². The molecular weight excluding hydrogens is 257 g/mol. The van der Waals surface area contributed by atoms with Gasteiger partial charge in [-0.25, -0.2) is 4.39 Å². The Labute approximate surface area is 117 Å². The maximum atomic E-state index is 12.8. The second kappa shape index (κ2) is 6.19. The lowest BCUT2D eigenvalue weighted by atomic mass is 10.2. The summed E-state index contributed by atoms with van der Waals surface area (Å²) >= 11 is 0. The van der Waals surface area contributed by atoms with Gasteiger partial charge in [-0.15, -0.1) is 0 Å². The molecule has 3 nitrogen and oxygen atoms in total. The second-order valence-electron chi connectivity index (χ2n) is 4.57. The van der Waals surface area contributed by atoms with Crippen LogP contribution >= 0.6 is 0 Å². The summed E-state index contributed by atoms with van der Waals surface area (Å²) in [5.74, 6) is -0.132. The van der Waals surface area contributed by atoms with Crippen molar-refractivity contribution in [3.8, 4) is 5.75 Å². The van der Waals surface area contributed by atoms with Crippen molar-refractivity contribution in [3.63, 3.8) is 0 Å². The van der Waals surface area contributed by atoms with Crippen LogP contribution in [0.2, 0.25) is 0 Å². The summed E-state index contributed by atoms with van der Waals surface area (Å²) in [5, 5.41) is 2.78. The van der Waals surface area contributed by atoms with Gasteiger partial charge in [0, 0.05) is 5.69 Å². The molecule has 0 bridgehead atoms. The van der Waals surface area contributed by atoms with Crippen LogP contribution in [0, 0.1) is 12.7 Å². The first-order valence-electron chi connectivity index (χ1n) is 6.34. The molecule has 0 radical (unpaired) electrons. The van der Waals surface area contributed by atoms with Gasteiger partial charge in [-0.1, -0.05) is 12.1 Å². The molecule has 0 unspecified atom stereocenters. The van der Waals surface area contributed by atoms with Crippen molar-refractivity contribution in [3.05, 3.63) is 59.9 Å². The Kier molecular flexibility index (Phi) is 4.35. The van der Waals surface area contributed by atoms with E-state index in [4.69, 9.17) is 4.74 Å². The molecule has 1 N–H and O–H groups in total. The van der Waals surface area contributed by atoms with Crippen LogP contribution < -0.4 is 10.1 Å². The molecule has 0 spiro atoms. The highest BCUT2D eigenvalue weighted by atomic mass is 19.1. The maximum Gasteiger partial charge on any atom is 0.265 e. The normalized spacial score (nSPS) is 11.8. The number of amides is 1. The molecule has 4 heteroatoms. The average molecular weight is 273 g/mol. The Morgan fingerprint density at radius 1 is 1.20 bits per heavy atom. The Bertz CT molecular complexity index is 596. The fourth-order valence-corrected chi connectivity index (χ4v) is 1.74. The number of nitrogens with one attached hydrogen (secondary N) is 1. The van der Waals surface area contributed by atoms with E-state index in [1.165, 1.54) is 24.3 Å². The summed E-state index contributed by atoms with van der Waals surface area (Å²) in [5.41, 5.74) is 1.79. The van der Waals surface area contributed by atoms with E-state index in [0.717, 1.165) is 11.3 Å². The molecule has 0 saturated heterocycles. The maximum absolute atomic E-state index is 12.8. The summed E-state index contributed by atoms with van der Waals surface area (Å²) < 4.78 is 18.2. The van der Waals surface area contributed by atoms with Gasteiger partial charge in [-0.05, 0) is 55.8 Å². The van der Waals surface area contributed by atoms with Gasteiger partial charge in [-0.3, -0.25) is 4.79 Å². The number of hydrogen-bond donors (Lipinski definition) is 1. The molecule has 0 fully saturated rings. The first-order valence-corrected chi connectivity index (χ1v) is 6.34. The molecule has 20 heavy (non-hydrogen) atoms. The van der Waals surface area contributed by atoms with E-state index in [0.29, 0.717) is 5.75 Å². The largest absolute Gasteiger partial charge is 0.481 e. The zero-order valence-electron chi connectivity index (χ0n) is 11.4. The third-order valence-corrected chi connectivity index (χ3v) is 2.78. The minimum absolute atomic E-state index is 0.250. The van der Waals surface area contributed by atoms with Gasteiger partial charge in [0.2, 0.25) is 0 Å².